The summed E-state index contributed by atoms with van der Waals surface area (Å²) in [5, 5.41) is 29.3. The summed E-state index contributed by atoms with van der Waals surface area (Å²) in [5.41, 5.74) is 4.29. The molecule has 8 heteroatoms. The van der Waals surface area contributed by atoms with Crippen molar-refractivity contribution in [3.8, 4) is 16.9 Å². The fourth-order valence-corrected chi connectivity index (χ4v) is 3.04. The number of H-pyrrole nitrogens is 1. The van der Waals surface area contributed by atoms with Crippen molar-refractivity contribution in [2.24, 2.45) is 0 Å². The number of nitrogens with two attached hydrogens (primary N) is 1. The van der Waals surface area contributed by atoms with Gasteiger partial charge in [-0.2, -0.15) is 0 Å². The number of anilines is 1. The summed E-state index contributed by atoms with van der Waals surface area (Å²) in [6.45, 7) is 0. The molecule has 0 aliphatic rings. The van der Waals surface area contributed by atoms with E-state index in [1.807, 2.05) is 35.3 Å². The van der Waals surface area contributed by atoms with Crippen molar-refractivity contribution in [1.29, 1.82) is 0 Å². The highest BCUT2D eigenvalue weighted by molar-refractivity contribution is 6.08. The Morgan fingerprint density at radius 3 is 2.18 bits per heavy atom. The number of rotatable bonds is 5. The number of aromatic nitrogens is 1. The zero-order valence-electron chi connectivity index (χ0n) is 14.5. The van der Waals surface area contributed by atoms with Crippen molar-refractivity contribution in [3.63, 3.8) is 0 Å². The van der Waals surface area contributed by atoms with Gasteiger partial charge in [0.2, 0.25) is 0 Å². The molecule has 3 aromatic rings. The van der Waals surface area contributed by atoms with Gasteiger partial charge in [-0.1, -0.05) is 36.4 Å². The zero-order chi connectivity index (χ0) is 20.4. The van der Waals surface area contributed by atoms with E-state index in [9.17, 15) is 29.7 Å². The molecule has 0 bridgehead atoms. The van der Waals surface area contributed by atoms with E-state index < -0.39 is 40.0 Å². The number of carboxylic acid groups (broad SMARTS) is 2. The van der Waals surface area contributed by atoms with E-state index in [1.54, 1.807) is 6.07 Å². The third kappa shape index (κ3) is 3.43. The molecule has 0 amide bonds. The van der Waals surface area contributed by atoms with Crippen LogP contribution < -0.4 is 11.3 Å². The zero-order valence-corrected chi connectivity index (χ0v) is 14.5. The predicted molar refractivity (Wildman–Crippen MR) is 102 cm³/mol. The minimum Gasteiger partial charge on any atom is -0.507 e. The lowest BCUT2D eigenvalue weighted by molar-refractivity contribution is 0.0695. The monoisotopic (exact) mass is 380 g/mol. The highest BCUT2D eigenvalue weighted by Crippen LogP contribution is 2.36. The first-order valence-corrected chi connectivity index (χ1v) is 8.18. The van der Waals surface area contributed by atoms with Gasteiger partial charge < -0.3 is 26.0 Å². The van der Waals surface area contributed by atoms with Crippen LogP contribution in [0.25, 0.3) is 11.1 Å². The molecule has 3 rings (SSSR count). The summed E-state index contributed by atoms with van der Waals surface area (Å²) in [6.07, 6.45) is 0.456. The third-order valence-corrected chi connectivity index (χ3v) is 4.25. The number of hydrogen-bond acceptors (Lipinski definition) is 5. The molecular weight excluding hydrogens is 364 g/mol. The number of nitrogens with one attached hydrogen (secondary N) is 1. The van der Waals surface area contributed by atoms with Crippen LogP contribution in [0.3, 0.4) is 0 Å². The second kappa shape index (κ2) is 7.28. The van der Waals surface area contributed by atoms with E-state index in [0.717, 1.165) is 5.56 Å². The molecule has 28 heavy (non-hydrogen) atoms. The van der Waals surface area contributed by atoms with Gasteiger partial charge in [0, 0.05) is 11.1 Å². The lowest BCUT2D eigenvalue weighted by Crippen LogP contribution is -2.24. The summed E-state index contributed by atoms with van der Waals surface area (Å²) < 4.78 is 0. The second-order valence-corrected chi connectivity index (χ2v) is 6.12. The van der Waals surface area contributed by atoms with Crippen molar-refractivity contribution < 1.29 is 24.9 Å². The SMILES string of the molecule is Nc1[nH]c(=O)c(C(=O)O)c(-c2cc(Cc3ccccc3)ccc2O)c1C(=O)O. The second-order valence-electron chi connectivity index (χ2n) is 6.12. The number of pyridine rings is 1. The first-order valence-electron chi connectivity index (χ1n) is 8.18. The highest BCUT2D eigenvalue weighted by atomic mass is 16.4. The Balaban J connectivity index is 2.28. The lowest BCUT2D eigenvalue weighted by atomic mass is 9.92. The number of phenolic OH excluding ortho intramolecular Hbond substituents is 1. The van der Waals surface area contributed by atoms with Crippen LogP contribution in [0.4, 0.5) is 5.82 Å². The standard InChI is InChI=1S/C20H16N2O6/c21-17-15(19(25)26)14(16(20(27)28)18(24)22-17)12-9-11(6-7-13(12)23)8-10-4-2-1-3-5-10/h1-7,9,23H,8H2,(H,25,26)(H,27,28)(H3,21,22,24). The molecule has 142 valence electrons. The average Bonchev–Trinajstić information content (AvgIpc) is 2.62. The van der Waals surface area contributed by atoms with Gasteiger partial charge in [-0.25, -0.2) is 9.59 Å². The van der Waals surface area contributed by atoms with Crippen molar-refractivity contribution in [3.05, 3.63) is 81.1 Å². The van der Waals surface area contributed by atoms with Crippen LogP contribution in [0.1, 0.15) is 31.8 Å². The maximum Gasteiger partial charge on any atom is 0.342 e. The molecule has 0 atom stereocenters. The number of phenols is 1. The van der Waals surface area contributed by atoms with Crippen LogP contribution in [0.5, 0.6) is 5.75 Å². The molecule has 0 saturated carbocycles. The maximum absolute atomic E-state index is 12.1. The average molecular weight is 380 g/mol. The Morgan fingerprint density at radius 2 is 1.57 bits per heavy atom. The molecular formula is C20H16N2O6. The Bertz CT molecular complexity index is 1140. The van der Waals surface area contributed by atoms with E-state index in [2.05, 4.69) is 0 Å². The molecule has 6 N–H and O–H groups in total. The first kappa shape index (κ1) is 18.7. The summed E-state index contributed by atoms with van der Waals surface area (Å²) in [5.74, 6) is -4.03. The van der Waals surface area contributed by atoms with Crippen LogP contribution in [-0.4, -0.2) is 32.2 Å². The maximum atomic E-state index is 12.1. The number of aromatic hydroxyl groups is 1. The number of aromatic amines is 1. The topological polar surface area (TPSA) is 154 Å². The number of aromatic carboxylic acids is 2. The number of hydrogen-bond donors (Lipinski definition) is 5. The van der Waals surface area contributed by atoms with Crippen LogP contribution in [-0.2, 0) is 6.42 Å². The van der Waals surface area contributed by atoms with Crippen LogP contribution in [0.15, 0.2) is 53.3 Å². The van der Waals surface area contributed by atoms with Gasteiger partial charge in [0.15, 0.2) is 0 Å². The van der Waals surface area contributed by atoms with Gasteiger partial charge in [0.25, 0.3) is 5.56 Å². The molecule has 1 aromatic heterocycles. The number of carbonyl (C=O) groups is 2. The Morgan fingerprint density at radius 1 is 0.929 bits per heavy atom. The van der Waals surface area contributed by atoms with Gasteiger partial charge in [0.05, 0.1) is 0 Å². The summed E-state index contributed by atoms with van der Waals surface area (Å²) >= 11 is 0. The quantitative estimate of drug-likeness (QED) is 0.455. The first-order chi connectivity index (χ1) is 13.3. The van der Waals surface area contributed by atoms with E-state index in [0.29, 0.717) is 12.0 Å². The Labute approximate surface area is 158 Å². The molecule has 1 heterocycles. The largest absolute Gasteiger partial charge is 0.507 e. The molecule has 0 aliphatic carbocycles. The molecule has 0 radical (unpaired) electrons. The van der Waals surface area contributed by atoms with E-state index >= 15 is 0 Å². The van der Waals surface area contributed by atoms with Crippen molar-refractivity contribution >= 4 is 17.8 Å². The Kier molecular flexibility index (Phi) is 4.86. The minimum atomic E-state index is -1.63. The summed E-state index contributed by atoms with van der Waals surface area (Å²) in [4.78, 5) is 37.5. The smallest absolute Gasteiger partial charge is 0.342 e. The summed E-state index contributed by atoms with van der Waals surface area (Å²) in [7, 11) is 0. The molecule has 0 saturated heterocycles. The van der Waals surface area contributed by atoms with Crippen LogP contribution in [0, 0.1) is 0 Å². The molecule has 0 aliphatic heterocycles. The lowest BCUT2D eigenvalue weighted by Gasteiger charge is -2.14. The fraction of sp³-hybridized carbons (Fsp3) is 0.0500. The van der Waals surface area contributed by atoms with Crippen LogP contribution in [0.2, 0.25) is 0 Å². The van der Waals surface area contributed by atoms with E-state index in [1.165, 1.54) is 12.1 Å². The summed E-state index contributed by atoms with van der Waals surface area (Å²) in [6, 6.07) is 13.8. The molecule has 0 spiro atoms. The normalized spacial score (nSPS) is 10.6. The third-order valence-electron chi connectivity index (χ3n) is 4.25. The molecule has 8 nitrogen and oxygen atoms in total. The van der Waals surface area contributed by atoms with Crippen molar-refractivity contribution in [2.75, 3.05) is 5.73 Å². The Hall–Kier alpha value is -4.07. The molecule has 2 aromatic carbocycles. The highest BCUT2D eigenvalue weighted by Gasteiger charge is 2.28. The van der Waals surface area contributed by atoms with Gasteiger partial charge in [0.1, 0.15) is 22.7 Å². The van der Waals surface area contributed by atoms with E-state index in [-0.39, 0.29) is 11.3 Å². The van der Waals surface area contributed by atoms with Crippen molar-refractivity contribution in [2.45, 2.75) is 6.42 Å². The van der Waals surface area contributed by atoms with E-state index in [4.69, 9.17) is 5.73 Å². The minimum absolute atomic E-state index is 0.0963. The molecule has 0 fully saturated rings. The van der Waals surface area contributed by atoms with Gasteiger partial charge in [-0.15, -0.1) is 0 Å². The van der Waals surface area contributed by atoms with Gasteiger partial charge in [-0.05, 0) is 29.7 Å². The number of carboxylic acids is 2. The number of benzene rings is 2. The fourth-order valence-electron chi connectivity index (χ4n) is 3.04. The predicted octanol–water partition coefficient (Wildman–Crippen LogP) is 2.32. The van der Waals surface area contributed by atoms with Gasteiger partial charge >= 0.3 is 11.9 Å². The molecule has 0 unspecified atom stereocenters. The van der Waals surface area contributed by atoms with Crippen molar-refractivity contribution in [1.82, 2.24) is 4.98 Å². The van der Waals surface area contributed by atoms with Crippen LogP contribution >= 0.6 is 0 Å². The number of nitrogen functional groups attached to an aromatic ring is 1. The van der Waals surface area contributed by atoms with Gasteiger partial charge in [-0.3, -0.25) is 4.79 Å².